The number of allylic oxidation sites excluding steroid dienone is 1. The van der Waals surface area contributed by atoms with Gasteiger partial charge in [-0.2, -0.15) is 0 Å². The van der Waals surface area contributed by atoms with Gasteiger partial charge in [0.15, 0.2) is 5.78 Å². The first-order valence-corrected chi connectivity index (χ1v) is 19.8. The Morgan fingerprint density at radius 3 is 2.65 bits per heavy atom. The Bertz CT molecular complexity index is 2380. The van der Waals surface area contributed by atoms with E-state index in [0.717, 1.165) is 86.4 Å². The summed E-state index contributed by atoms with van der Waals surface area (Å²) in [6.07, 6.45) is 12.1. The van der Waals surface area contributed by atoms with Gasteiger partial charge in [-0.15, -0.1) is 5.10 Å². The molecule has 2 aromatic carbocycles. The molecule has 3 aliphatic heterocycles. The number of rotatable bonds is 16. The number of aryl methyl sites for hydroxylation is 2. The van der Waals surface area contributed by atoms with Gasteiger partial charge in [-0.05, 0) is 80.6 Å². The lowest BCUT2D eigenvalue weighted by atomic mass is 10.1. The zero-order chi connectivity index (χ0) is 39.5. The molecule has 6 heterocycles. The van der Waals surface area contributed by atoms with Crippen LogP contribution in [0.5, 0.6) is 5.75 Å². The number of fused-ring (bicyclic) bond motifs is 3. The van der Waals surface area contributed by atoms with Crippen LogP contribution in [0.25, 0.3) is 11.0 Å². The van der Waals surface area contributed by atoms with Crippen molar-refractivity contribution in [3.63, 3.8) is 0 Å². The lowest BCUT2D eigenvalue weighted by Crippen LogP contribution is -2.44. The number of phenols is 1. The molecule has 3 aliphatic rings. The highest BCUT2D eigenvalue weighted by Crippen LogP contribution is 2.34. The second kappa shape index (κ2) is 16.6. The molecule has 3 fully saturated rings. The number of unbranched alkanes of at least 4 members (excludes halogenated alkanes) is 3. The molecule has 3 atom stereocenters. The zero-order valence-electron chi connectivity index (χ0n) is 32.1. The number of piperidine rings is 1. The van der Waals surface area contributed by atoms with E-state index >= 15 is 0 Å². The first kappa shape index (κ1) is 37.8. The number of nitrogens with zero attached hydrogens (tertiary/aromatic N) is 8. The first-order chi connectivity index (χ1) is 27.7. The third-order valence-electron chi connectivity index (χ3n) is 11.4. The van der Waals surface area contributed by atoms with Gasteiger partial charge in [0, 0.05) is 63.7 Å². The van der Waals surface area contributed by atoms with Crippen molar-refractivity contribution in [3.8, 4) is 5.75 Å². The molecular formula is C42H48N10O5. The molecule has 8 rings (SSSR count). The van der Waals surface area contributed by atoms with E-state index in [0.29, 0.717) is 42.7 Å². The van der Waals surface area contributed by atoms with Crippen LogP contribution in [0, 0.1) is 0 Å². The third kappa shape index (κ3) is 8.24. The van der Waals surface area contributed by atoms with Gasteiger partial charge in [-0.1, -0.05) is 42.3 Å². The Labute approximate surface area is 330 Å². The second-order valence-electron chi connectivity index (χ2n) is 15.3. The number of amides is 2. The number of piperazine rings is 1. The van der Waals surface area contributed by atoms with E-state index < -0.39 is 11.9 Å². The van der Waals surface area contributed by atoms with Crippen LogP contribution in [0.2, 0.25) is 0 Å². The number of phenolic OH excluding ortho intramolecular Hbond substituents is 1. The number of hydrogen-bond acceptors (Lipinski definition) is 11. The molecule has 3 N–H and O–H groups in total. The van der Waals surface area contributed by atoms with Crippen LogP contribution >= 0.6 is 0 Å². The number of para-hydroxylation sites is 1. The van der Waals surface area contributed by atoms with Crippen LogP contribution in [0.15, 0.2) is 83.9 Å². The minimum atomic E-state index is -0.685. The Morgan fingerprint density at radius 1 is 0.965 bits per heavy atom. The molecule has 3 saturated heterocycles. The van der Waals surface area contributed by atoms with Gasteiger partial charge in [0.05, 0.1) is 34.5 Å². The average Bonchev–Trinajstić information content (AvgIpc) is 3.99. The Hall–Kier alpha value is -6.09. The van der Waals surface area contributed by atoms with Crippen LogP contribution in [-0.2, 0) is 36.1 Å². The van der Waals surface area contributed by atoms with E-state index in [4.69, 9.17) is 4.98 Å². The van der Waals surface area contributed by atoms with Gasteiger partial charge in [-0.25, -0.2) is 14.5 Å². The molecule has 2 amide bonds. The highest BCUT2D eigenvalue weighted by atomic mass is 16.3. The van der Waals surface area contributed by atoms with Crippen molar-refractivity contribution in [2.75, 3.05) is 24.5 Å². The van der Waals surface area contributed by atoms with Crippen molar-refractivity contribution in [1.29, 1.82) is 0 Å². The molecule has 0 spiro atoms. The number of hydrogen-bond donors (Lipinski definition) is 3. The number of pyridine rings is 1. The minimum Gasteiger partial charge on any atom is -0.507 e. The standard InChI is InChI=1S/C42H48N10O5/c1-48-36-21-28(14-15-34(36)52(42(48)57)35-16-17-40(55)45-41(35)56)23-43-19-7-3-2-4-9-30-25-50(47-46-30)24-29-10-8-13-39(44-29)51-27-31-22-32(51)26-49(31)20-18-38(54)33-11-5-6-12-37(33)53/h5-6,8,10-15,18,20-21,25,31-32,35,43,53H,2-4,7,9,16-17,19,22-24,26-27H2,1H3,(H,45,55,56)/b20-18+/t31-,32-,35?/m1/s1. The quantitative estimate of drug-likeness (QED) is 0.0579. The fraction of sp³-hybridized carbons (Fsp3) is 0.405. The van der Waals surface area contributed by atoms with Crippen molar-refractivity contribution in [1.82, 2.24) is 44.6 Å². The predicted molar refractivity (Wildman–Crippen MR) is 214 cm³/mol. The van der Waals surface area contributed by atoms with Gasteiger partial charge in [0.1, 0.15) is 17.6 Å². The maximum Gasteiger partial charge on any atom is 0.329 e. The van der Waals surface area contributed by atoms with Crippen molar-refractivity contribution >= 4 is 34.4 Å². The molecule has 1 unspecified atom stereocenters. The predicted octanol–water partition coefficient (Wildman–Crippen LogP) is 3.61. The molecule has 296 valence electrons. The van der Waals surface area contributed by atoms with E-state index in [1.165, 1.54) is 10.6 Å². The Balaban J connectivity index is 0.741. The molecule has 57 heavy (non-hydrogen) atoms. The molecular weight excluding hydrogens is 725 g/mol. The topological polar surface area (TPSA) is 173 Å². The van der Waals surface area contributed by atoms with Crippen LogP contribution in [0.4, 0.5) is 5.82 Å². The highest BCUT2D eigenvalue weighted by Gasteiger charge is 2.42. The summed E-state index contributed by atoms with van der Waals surface area (Å²) >= 11 is 0. The number of imide groups is 1. The van der Waals surface area contributed by atoms with Crippen LogP contribution in [-0.4, -0.2) is 88.4 Å². The summed E-state index contributed by atoms with van der Waals surface area (Å²) in [4.78, 5) is 59.3. The number of aromatic hydroxyl groups is 1. The SMILES string of the molecule is Cn1c(=O)n(C2CCC(=O)NC2=O)c2ccc(CNCCCCCCc3cn(Cc4cccc(N5C[C@H]6C[C@@H]5CN6/C=C/C(=O)c5ccccc5O)n4)nn3)cc21. The highest BCUT2D eigenvalue weighted by molar-refractivity contribution is 6.06. The average molecular weight is 773 g/mol. The van der Waals surface area contributed by atoms with E-state index in [9.17, 15) is 24.3 Å². The van der Waals surface area contributed by atoms with Gasteiger partial charge < -0.3 is 20.2 Å². The fourth-order valence-corrected chi connectivity index (χ4v) is 8.40. The summed E-state index contributed by atoms with van der Waals surface area (Å²) in [5.74, 6) is 0.0199. The second-order valence-corrected chi connectivity index (χ2v) is 15.3. The normalized spacial score (nSPS) is 19.4. The number of carbonyl (C=O) groups is 3. The number of imidazole rings is 1. The summed E-state index contributed by atoms with van der Waals surface area (Å²) in [6.45, 7) is 3.76. The van der Waals surface area contributed by atoms with Crippen molar-refractivity contribution in [3.05, 3.63) is 112 Å². The molecule has 0 aliphatic carbocycles. The van der Waals surface area contributed by atoms with Gasteiger partial charge >= 0.3 is 5.69 Å². The number of anilines is 1. The lowest BCUT2D eigenvalue weighted by molar-refractivity contribution is -0.135. The molecule has 15 nitrogen and oxygen atoms in total. The zero-order valence-corrected chi connectivity index (χ0v) is 32.1. The number of carbonyl (C=O) groups excluding carboxylic acids is 3. The number of aromatic nitrogens is 6. The summed E-state index contributed by atoms with van der Waals surface area (Å²) in [7, 11) is 1.71. The van der Waals surface area contributed by atoms with Gasteiger partial charge in [-0.3, -0.25) is 28.8 Å². The summed E-state index contributed by atoms with van der Waals surface area (Å²) in [5, 5.41) is 24.7. The van der Waals surface area contributed by atoms with E-state index in [2.05, 4.69) is 36.8 Å². The summed E-state index contributed by atoms with van der Waals surface area (Å²) in [6, 6.07) is 18.5. The van der Waals surface area contributed by atoms with Gasteiger partial charge in [0.25, 0.3) is 0 Å². The molecule has 15 heteroatoms. The molecule has 5 aromatic rings. The number of nitrogens with one attached hydrogen (secondary N) is 2. The molecule has 2 bridgehead atoms. The smallest absolute Gasteiger partial charge is 0.329 e. The van der Waals surface area contributed by atoms with Crippen molar-refractivity contribution < 1.29 is 19.5 Å². The first-order valence-electron chi connectivity index (χ1n) is 19.8. The van der Waals surface area contributed by atoms with Crippen molar-refractivity contribution in [2.45, 2.75) is 82.6 Å². The molecule has 3 aromatic heterocycles. The summed E-state index contributed by atoms with van der Waals surface area (Å²) < 4.78 is 4.93. The monoisotopic (exact) mass is 772 g/mol. The van der Waals surface area contributed by atoms with Gasteiger partial charge in [0.2, 0.25) is 11.8 Å². The maximum absolute atomic E-state index is 13.0. The number of likely N-dealkylation sites (tertiary alicyclic amines) is 1. The third-order valence-corrected chi connectivity index (χ3v) is 11.4. The summed E-state index contributed by atoms with van der Waals surface area (Å²) in [5.41, 5.74) is 4.47. The Kier molecular flexibility index (Phi) is 11.0. The largest absolute Gasteiger partial charge is 0.507 e. The fourth-order valence-electron chi connectivity index (χ4n) is 8.40. The van der Waals surface area contributed by atoms with Crippen molar-refractivity contribution in [2.24, 2.45) is 7.05 Å². The minimum absolute atomic E-state index is 0.00366. The van der Waals surface area contributed by atoms with Crippen LogP contribution in [0.1, 0.15) is 78.3 Å². The van der Waals surface area contributed by atoms with E-state index in [1.807, 2.05) is 47.4 Å². The lowest BCUT2D eigenvalue weighted by Gasteiger charge is -2.34. The van der Waals surface area contributed by atoms with E-state index in [-0.39, 0.29) is 29.6 Å². The number of benzene rings is 2. The Morgan fingerprint density at radius 2 is 1.82 bits per heavy atom. The van der Waals surface area contributed by atoms with Crippen LogP contribution in [0.3, 0.4) is 0 Å². The molecule has 0 radical (unpaired) electrons. The van der Waals surface area contributed by atoms with E-state index in [1.54, 1.807) is 35.9 Å². The molecule has 0 saturated carbocycles. The maximum atomic E-state index is 13.0. The number of ketones is 1. The van der Waals surface area contributed by atoms with Crippen LogP contribution < -0.4 is 21.2 Å².